The Bertz CT molecular complexity index is 1090. The Morgan fingerprint density at radius 1 is 0.867 bits per heavy atom. The molecule has 3 heterocycles. The number of nitrogens with zero attached hydrogens (tertiary/aromatic N) is 5. The molecule has 148 valence electrons. The highest BCUT2D eigenvalue weighted by molar-refractivity contribution is 5.88. The Hall–Kier alpha value is -3.87. The maximum Gasteiger partial charge on any atom is 0.240 e. The van der Waals surface area contributed by atoms with Crippen molar-refractivity contribution >= 4 is 5.91 Å². The number of likely N-dealkylation sites (tertiary alicyclic amines) is 1. The lowest BCUT2D eigenvalue weighted by Crippen LogP contribution is -2.50. The van der Waals surface area contributed by atoms with E-state index in [1.54, 1.807) is 18.5 Å². The molecule has 7 nitrogen and oxygen atoms in total. The van der Waals surface area contributed by atoms with E-state index >= 15 is 0 Å². The summed E-state index contributed by atoms with van der Waals surface area (Å²) >= 11 is 0. The quantitative estimate of drug-likeness (QED) is 0.514. The third kappa shape index (κ3) is 3.45. The van der Waals surface area contributed by atoms with Crippen molar-refractivity contribution in [3.05, 3.63) is 96.1 Å². The summed E-state index contributed by atoms with van der Waals surface area (Å²) in [4.78, 5) is 27.9. The smallest absolute Gasteiger partial charge is 0.240 e. The highest BCUT2D eigenvalue weighted by Crippen LogP contribution is 2.33. The standard InChI is InChI=1S/C23H19N5O2/c29-23(19(16-8-3-1-4-9-16)17-10-5-2-6-11-17)28-14-18(15-28)22-26-21(27-30-22)20-24-12-7-13-25-20/h1-13,18-19H,14-15H2. The Balaban J connectivity index is 1.32. The monoisotopic (exact) mass is 397 g/mol. The van der Waals surface area contributed by atoms with Gasteiger partial charge in [0.25, 0.3) is 0 Å². The summed E-state index contributed by atoms with van der Waals surface area (Å²) in [6, 6.07) is 21.5. The molecule has 0 unspecified atom stereocenters. The van der Waals surface area contributed by atoms with Gasteiger partial charge in [-0.3, -0.25) is 4.79 Å². The highest BCUT2D eigenvalue weighted by atomic mass is 16.5. The van der Waals surface area contributed by atoms with Gasteiger partial charge in [0, 0.05) is 25.5 Å². The zero-order valence-electron chi connectivity index (χ0n) is 16.1. The molecule has 0 bridgehead atoms. The first-order valence-corrected chi connectivity index (χ1v) is 9.79. The average Bonchev–Trinajstić information content (AvgIpc) is 3.25. The van der Waals surface area contributed by atoms with E-state index in [1.807, 2.05) is 65.6 Å². The van der Waals surface area contributed by atoms with Gasteiger partial charge in [-0.2, -0.15) is 4.98 Å². The van der Waals surface area contributed by atoms with Crippen LogP contribution in [0.15, 0.2) is 83.6 Å². The summed E-state index contributed by atoms with van der Waals surface area (Å²) < 4.78 is 5.40. The van der Waals surface area contributed by atoms with Crippen LogP contribution in [0, 0.1) is 0 Å². The SMILES string of the molecule is O=C(C(c1ccccc1)c1ccccc1)N1CC(c2nc(-c3ncccn3)no2)C1. The van der Waals surface area contributed by atoms with E-state index in [9.17, 15) is 4.79 Å². The number of rotatable bonds is 5. The van der Waals surface area contributed by atoms with E-state index in [0.717, 1.165) is 11.1 Å². The molecule has 0 saturated carbocycles. The minimum Gasteiger partial charge on any atom is -0.340 e. The van der Waals surface area contributed by atoms with E-state index in [0.29, 0.717) is 30.6 Å². The van der Waals surface area contributed by atoms with Gasteiger partial charge in [-0.15, -0.1) is 0 Å². The van der Waals surface area contributed by atoms with E-state index < -0.39 is 0 Å². The maximum absolute atomic E-state index is 13.4. The molecule has 1 aliphatic rings. The number of aromatic nitrogens is 4. The molecule has 1 amide bonds. The van der Waals surface area contributed by atoms with Crippen molar-refractivity contribution in [1.82, 2.24) is 25.0 Å². The normalized spacial score (nSPS) is 14.0. The summed E-state index contributed by atoms with van der Waals surface area (Å²) in [6.07, 6.45) is 3.27. The van der Waals surface area contributed by atoms with E-state index in [1.165, 1.54) is 0 Å². The van der Waals surface area contributed by atoms with Crippen molar-refractivity contribution in [2.24, 2.45) is 0 Å². The van der Waals surface area contributed by atoms with Crippen LogP contribution in [0.4, 0.5) is 0 Å². The summed E-state index contributed by atoms with van der Waals surface area (Å²) in [5.41, 5.74) is 1.97. The number of hydrogen-bond donors (Lipinski definition) is 0. The molecule has 7 heteroatoms. The van der Waals surface area contributed by atoms with Gasteiger partial charge < -0.3 is 9.42 Å². The molecule has 5 rings (SSSR count). The van der Waals surface area contributed by atoms with Crippen molar-refractivity contribution < 1.29 is 9.32 Å². The van der Waals surface area contributed by atoms with Crippen molar-refractivity contribution in [2.75, 3.05) is 13.1 Å². The summed E-state index contributed by atoms with van der Waals surface area (Å²) in [5, 5.41) is 3.97. The number of amides is 1. The number of carbonyl (C=O) groups excluding carboxylic acids is 1. The molecule has 1 aliphatic heterocycles. The van der Waals surface area contributed by atoms with Gasteiger partial charge in [0.2, 0.25) is 23.4 Å². The first-order chi connectivity index (χ1) is 14.8. The molecule has 4 aromatic rings. The second kappa shape index (κ2) is 7.87. The fraction of sp³-hybridized carbons (Fsp3) is 0.174. The summed E-state index contributed by atoms with van der Waals surface area (Å²) in [6.45, 7) is 1.10. The minimum absolute atomic E-state index is 0.0195. The number of benzene rings is 2. The minimum atomic E-state index is -0.329. The van der Waals surface area contributed by atoms with Crippen LogP contribution in [0.5, 0.6) is 0 Å². The lowest BCUT2D eigenvalue weighted by Gasteiger charge is -2.39. The highest BCUT2D eigenvalue weighted by Gasteiger charge is 2.39. The molecular weight excluding hydrogens is 378 g/mol. The second-order valence-electron chi connectivity index (χ2n) is 7.22. The molecule has 0 aliphatic carbocycles. The van der Waals surface area contributed by atoms with Gasteiger partial charge in [0.1, 0.15) is 0 Å². The Kier molecular flexibility index (Phi) is 4.77. The second-order valence-corrected chi connectivity index (χ2v) is 7.22. The zero-order chi connectivity index (χ0) is 20.3. The van der Waals surface area contributed by atoms with Gasteiger partial charge in [0.15, 0.2) is 0 Å². The van der Waals surface area contributed by atoms with Crippen LogP contribution < -0.4 is 0 Å². The zero-order valence-corrected chi connectivity index (χ0v) is 16.1. The van der Waals surface area contributed by atoms with Crippen LogP contribution in [-0.4, -0.2) is 44.0 Å². The predicted molar refractivity (Wildman–Crippen MR) is 109 cm³/mol. The van der Waals surface area contributed by atoms with Gasteiger partial charge in [0.05, 0.1) is 11.8 Å². The third-order valence-corrected chi connectivity index (χ3v) is 5.26. The number of hydrogen-bond acceptors (Lipinski definition) is 6. The lowest BCUT2D eigenvalue weighted by atomic mass is 9.88. The van der Waals surface area contributed by atoms with Crippen LogP contribution in [0.2, 0.25) is 0 Å². The largest absolute Gasteiger partial charge is 0.340 e. The number of carbonyl (C=O) groups is 1. The van der Waals surface area contributed by atoms with Crippen LogP contribution in [0.25, 0.3) is 11.6 Å². The molecule has 1 saturated heterocycles. The Labute approximate surface area is 173 Å². The average molecular weight is 397 g/mol. The Morgan fingerprint density at radius 2 is 1.47 bits per heavy atom. The van der Waals surface area contributed by atoms with Gasteiger partial charge >= 0.3 is 0 Å². The van der Waals surface area contributed by atoms with Gasteiger partial charge in [-0.05, 0) is 17.2 Å². The third-order valence-electron chi connectivity index (χ3n) is 5.26. The summed E-state index contributed by atoms with van der Waals surface area (Å²) in [7, 11) is 0. The van der Waals surface area contributed by atoms with Crippen LogP contribution in [-0.2, 0) is 4.79 Å². The molecule has 0 atom stereocenters. The molecule has 0 N–H and O–H groups in total. The van der Waals surface area contributed by atoms with Gasteiger partial charge in [-0.1, -0.05) is 65.8 Å². The van der Waals surface area contributed by atoms with Crippen LogP contribution >= 0.6 is 0 Å². The molecular formula is C23H19N5O2. The van der Waals surface area contributed by atoms with E-state index in [-0.39, 0.29) is 17.7 Å². The first-order valence-electron chi connectivity index (χ1n) is 9.79. The molecule has 0 radical (unpaired) electrons. The predicted octanol–water partition coefficient (Wildman–Crippen LogP) is 3.28. The van der Waals surface area contributed by atoms with Crippen molar-refractivity contribution in [3.8, 4) is 11.6 Å². The van der Waals surface area contributed by atoms with Crippen molar-refractivity contribution in [2.45, 2.75) is 11.8 Å². The van der Waals surface area contributed by atoms with E-state index in [4.69, 9.17) is 4.52 Å². The molecule has 30 heavy (non-hydrogen) atoms. The first kappa shape index (κ1) is 18.2. The fourth-order valence-corrected chi connectivity index (χ4v) is 3.67. The summed E-state index contributed by atoms with van der Waals surface area (Å²) in [5.74, 6) is 1.07. The topological polar surface area (TPSA) is 85.0 Å². The molecule has 2 aromatic heterocycles. The molecule has 2 aromatic carbocycles. The molecule has 1 fully saturated rings. The van der Waals surface area contributed by atoms with Crippen molar-refractivity contribution in [1.29, 1.82) is 0 Å². The maximum atomic E-state index is 13.4. The fourth-order valence-electron chi connectivity index (χ4n) is 3.67. The van der Waals surface area contributed by atoms with E-state index in [2.05, 4.69) is 20.1 Å². The van der Waals surface area contributed by atoms with Crippen molar-refractivity contribution in [3.63, 3.8) is 0 Å². The van der Waals surface area contributed by atoms with Gasteiger partial charge in [-0.25, -0.2) is 9.97 Å². The Morgan fingerprint density at radius 3 is 2.07 bits per heavy atom. The molecule has 0 spiro atoms. The van der Waals surface area contributed by atoms with Crippen LogP contribution in [0.1, 0.15) is 28.9 Å². The van der Waals surface area contributed by atoms with Crippen LogP contribution in [0.3, 0.4) is 0 Å². The lowest BCUT2D eigenvalue weighted by molar-refractivity contribution is -0.136.